The van der Waals surface area contributed by atoms with Crippen LogP contribution in [0.5, 0.6) is 0 Å². The average molecular weight is 301 g/mol. The maximum absolute atomic E-state index is 4.71. The van der Waals surface area contributed by atoms with Gasteiger partial charge in [-0.15, -0.1) is 11.3 Å². The first kappa shape index (κ1) is 14.7. The van der Waals surface area contributed by atoms with Gasteiger partial charge in [0.1, 0.15) is 5.82 Å². The topological polar surface area (TPSA) is 37.8 Å². The second-order valence-electron chi connectivity index (χ2n) is 5.88. The van der Waals surface area contributed by atoms with Crippen molar-refractivity contribution >= 4 is 11.3 Å². The van der Waals surface area contributed by atoms with Crippen LogP contribution in [0, 0.1) is 13.8 Å². The summed E-state index contributed by atoms with van der Waals surface area (Å²) in [5.41, 5.74) is 3.64. The number of thiophene rings is 1. The third-order valence-electron chi connectivity index (χ3n) is 3.99. The fourth-order valence-electron chi connectivity index (χ4n) is 2.68. The quantitative estimate of drug-likeness (QED) is 0.796. The van der Waals surface area contributed by atoms with Gasteiger partial charge < -0.3 is 5.32 Å². The van der Waals surface area contributed by atoms with Crippen LogP contribution in [0.4, 0.5) is 0 Å². The molecule has 0 bridgehead atoms. The van der Waals surface area contributed by atoms with Crippen molar-refractivity contribution in [2.45, 2.75) is 52.0 Å². The summed E-state index contributed by atoms with van der Waals surface area (Å²) in [4.78, 5) is 10.7. The molecule has 2 aromatic rings. The maximum Gasteiger partial charge on any atom is 0.134 e. The van der Waals surface area contributed by atoms with E-state index in [-0.39, 0.29) is 0 Å². The summed E-state index contributed by atoms with van der Waals surface area (Å²) >= 11 is 1.77. The van der Waals surface area contributed by atoms with E-state index in [2.05, 4.69) is 36.7 Å². The third kappa shape index (κ3) is 4.11. The first-order valence-corrected chi connectivity index (χ1v) is 8.69. The molecular formula is C17H23N3S. The summed E-state index contributed by atoms with van der Waals surface area (Å²) in [6.45, 7) is 5.35. The first-order chi connectivity index (χ1) is 10.2. The lowest BCUT2D eigenvalue weighted by Gasteiger charge is -2.11. The van der Waals surface area contributed by atoms with E-state index in [4.69, 9.17) is 9.97 Å². The third-order valence-corrected chi connectivity index (χ3v) is 4.87. The fourth-order valence-corrected chi connectivity index (χ4v) is 3.38. The summed E-state index contributed by atoms with van der Waals surface area (Å²) in [6, 6.07) is 5.04. The van der Waals surface area contributed by atoms with E-state index in [9.17, 15) is 0 Å². The van der Waals surface area contributed by atoms with Crippen LogP contribution in [-0.2, 0) is 12.8 Å². The molecule has 3 nitrogen and oxygen atoms in total. The van der Waals surface area contributed by atoms with E-state index in [0.29, 0.717) is 0 Å². The van der Waals surface area contributed by atoms with Gasteiger partial charge in [-0.2, -0.15) is 0 Å². The Balaban J connectivity index is 1.61. The van der Waals surface area contributed by atoms with Gasteiger partial charge in [0.25, 0.3) is 0 Å². The number of hydrogen-bond acceptors (Lipinski definition) is 4. The molecule has 0 aliphatic heterocycles. The maximum atomic E-state index is 4.71. The van der Waals surface area contributed by atoms with Gasteiger partial charge in [0.2, 0.25) is 0 Å². The van der Waals surface area contributed by atoms with Crippen molar-refractivity contribution in [2.75, 3.05) is 6.54 Å². The summed E-state index contributed by atoms with van der Waals surface area (Å²) in [5, 5.41) is 5.67. The normalized spacial score (nSPS) is 14.6. The van der Waals surface area contributed by atoms with Crippen molar-refractivity contribution in [3.05, 3.63) is 45.2 Å². The molecule has 1 aliphatic rings. The lowest BCUT2D eigenvalue weighted by Crippen LogP contribution is -2.18. The Hall–Kier alpha value is -1.26. The van der Waals surface area contributed by atoms with Crippen molar-refractivity contribution in [1.29, 1.82) is 0 Å². The zero-order chi connectivity index (χ0) is 14.7. The highest BCUT2D eigenvalue weighted by Crippen LogP contribution is 2.19. The standard InChI is InChI=1S/C17H23N3S/c1-12-16(6-3-9-18-14-7-8-14)13(2)20-17(19-12)11-15-5-4-10-21-15/h4-5,10,14,18H,3,6-9,11H2,1-2H3. The minimum Gasteiger partial charge on any atom is -0.314 e. The highest BCUT2D eigenvalue weighted by molar-refractivity contribution is 7.09. The lowest BCUT2D eigenvalue weighted by molar-refractivity contribution is 0.641. The number of aromatic nitrogens is 2. The fraction of sp³-hybridized carbons (Fsp3) is 0.529. The average Bonchev–Trinajstić information content (AvgIpc) is 3.13. The van der Waals surface area contributed by atoms with Crippen LogP contribution in [0.1, 0.15) is 46.9 Å². The smallest absolute Gasteiger partial charge is 0.134 e. The Bertz CT molecular complexity index is 565. The predicted octanol–water partition coefficient (Wildman–Crippen LogP) is 3.43. The van der Waals surface area contributed by atoms with E-state index in [1.165, 1.54) is 29.7 Å². The van der Waals surface area contributed by atoms with Gasteiger partial charge in [0.15, 0.2) is 0 Å². The van der Waals surface area contributed by atoms with Gasteiger partial charge in [-0.1, -0.05) is 6.07 Å². The molecular weight excluding hydrogens is 278 g/mol. The summed E-state index contributed by atoms with van der Waals surface area (Å²) < 4.78 is 0. The van der Waals surface area contributed by atoms with Crippen molar-refractivity contribution < 1.29 is 0 Å². The van der Waals surface area contributed by atoms with Gasteiger partial charge in [-0.05, 0) is 63.1 Å². The van der Waals surface area contributed by atoms with Crippen LogP contribution in [0.3, 0.4) is 0 Å². The molecule has 112 valence electrons. The Kier molecular flexibility index (Phi) is 4.66. The summed E-state index contributed by atoms with van der Waals surface area (Å²) in [6.07, 6.45) is 5.82. The Labute approximate surface area is 130 Å². The molecule has 0 spiro atoms. The number of nitrogens with one attached hydrogen (secondary N) is 1. The molecule has 0 saturated heterocycles. The number of nitrogens with zero attached hydrogens (tertiary/aromatic N) is 2. The van der Waals surface area contributed by atoms with Crippen LogP contribution in [0.15, 0.2) is 17.5 Å². The number of hydrogen-bond donors (Lipinski definition) is 1. The second kappa shape index (κ2) is 6.67. The first-order valence-electron chi connectivity index (χ1n) is 7.81. The largest absolute Gasteiger partial charge is 0.314 e. The molecule has 1 saturated carbocycles. The number of rotatable bonds is 7. The highest BCUT2D eigenvalue weighted by Gasteiger charge is 2.19. The zero-order valence-electron chi connectivity index (χ0n) is 12.9. The minimum absolute atomic E-state index is 0.802. The van der Waals surface area contributed by atoms with E-state index in [1.54, 1.807) is 11.3 Å². The monoisotopic (exact) mass is 301 g/mol. The van der Waals surface area contributed by atoms with Crippen LogP contribution >= 0.6 is 11.3 Å². The second-order valence-corrected chi connectivity index (χ2v) is 6.91. The molecule has 0 atom stereocenters. The molecule has 3 rings (SSSR count). The minimum atomic E-state index is 0.802. The van der Waals surface area contributed by atoms with Crippen molar-refractivity contribution in [3.8, 4) is 0 Å². The van der Waals surface area contributed by atoms with E-state index < -0.39 is 0 Å². The SMILES string of the molecule is Cc1nc(Cc2cccs2)nc(C)c1CCCNC1CC1. The highest BCUT2D eigenvalue weighted by atomic mass is 32.1. The predicted molar refractivity (Wildman–Crippen MR) is 88.0 cm³/mol. The van der Waals surface area contributed by atoms with Gasteiger partial charge in [0.05, 0.1) is 0 Å². The van der Waals surface area contributed by atoms with Gasteiger partial charge in [-0.3, -0.25) is 0 Å². The molecule has 1 N–H and O–H groups in total. The zero-order valence-corrected chi connectivity index (χ0v) is 13.7. The summed E-state index contributed by atoms with van der Waals surface area (Å²) in [5.74, 6) is 0.951. The molecule has 4 heteroatoms. The molecule has 2 heterocycles. The van der Waals surface area contributed by atoms with Gasteiger partial charge in [-0.25, -0.2) is 9.97 Å². The molecule has 0 amide bonds. The molecule has 1 aliphatic carbocycles. The van der Waals surface area contributed by atoms with Crippen molar-refractivity contribution in [2.24, 2.45) is 0 Å². The lowest BCUT2D eigenvalue weighted by atomic mass is 10.1. The molecule has 1 fully saturated rings. The van der Waals surface area contributed by atoms with Crippen LogP contribution in [0.25, 0.3) is 0 Å². The molecule has 0 unspecified atom stereocenters. The van der Waals surface area contributed by atoms with Crippen LogP contribution < -0.4 is 5.32 Å². The Morgan fingerprint density at radius 1 is 1.24 bits per heavy atom. The van der Waals surface area contributed by atoms with E-state index in [1.807, 2.05) is 0 Å². The van der Waals surface area contributed by atoms with Crippen molar-refractivity contribution in [1.82, 2.24) is 15.3 Å². The molecule has 0 aromatic carbocycles. The molecule has 2 aromatic heterocycles. The Morgan fingerprint density at radius 2 is 2.00 bits per heavy atom. The van der Waals surface area contributed by atoms with Crippen molar-refractivity contribution in [3.63, 3.8) is 0 Å². The van der Waals surface area contributed by atoms with Crippen LogP contribution in [0.2, 0.25) is 0 Å². The molecule has 0 radical (unpaired) electrons. The Morgan fingerprint density at radius 3 is 2.62 bits per heavy atom. The van der Waals surface area contributed by atoms with E-state index in [0.717, 1.165) is 42.6 Å². The summed E-state index contributed by atoms with van der Waals surface area (Å²) in [7, 11) is 0. The van der Waals surface area contributed by atoms with E-state index >= 15 is 0 Å². The molecule has 21 heavy (non-hydrogen) atoms. The number of aryl methyl sites for hydroxylation is 2. The van der Waals surface area contributed by atoms with Gasteiger partial charge >= 0.3 is 0 Å². The van der Waals surface area contributed by atoms with Gasteiger partial charge in [0, 0.05) is 28.7 Å². The van der Waals surface area contributed by atoms with Crippen LogP contribution in [-0.4, -0.2) is 22.6 Å².